The second-order valence-electron chi connectivity index (χ2n) is 9.55. The average molecular weight is 475 g/mol. The number of piperidine rings is 2. The Kier molecular flexibility index (Phi) is 5.77. The van der Waals surface area contributed by atoms with Crippen molar-refractivity contribution in [1.29, 1.82) is 0 Å². The summed E-state index contributed by atoms with van der Waals surface area (Å²) in [6, 6.07) is 7.06. The molecule has 0 spiro atoms. The fraction of sp³-hybridized carbons (Fsp3) is 0.542. The largest absolute Gasteiger partial charge is 0.393 e. The zero-order chi connectivity index (χ0) is 24.0. The molecule has 0 aromatic carbocycles. The summed E-state index contributed by atoms with van der Waals surface area (Å²) in [4.78, 5) is 28.3. The maximum absolute atomic E-state index is 13.5. The number of amides is 2. The number of rotatable bonds is 2. The van der Waals surface area contributed by atoms with Crippen molar-refractivity contribution in [3.05, 3.63) is 35.5 Å². The first kappa shape index (κ1) is 22.7. The highest BCUT2D eigenvalue weighted by Gasteiger charge is 2.43. The monoisotopic (exact) mass is 474 g/mol. The maximum atomic E-state index is 13.5. The normalized spacial score (nSPS) is 22.4. The summed E-state index contributed by atoms with van der Waals surface area (Å²) in [7, 11) is 0. The molecule has 182 valence electrons. The van der Waals surface area contributed by atoms with Gasteiger partial charge in [-0.25, -0.2) is 14.8 Å². The Balaban J connectivity index is 1.47. The molecule has 2 aromatic rings. The molecule has 2 amide bonds. The van der Waals surface area contributed by atoms with Crippen LogP contribution in [0.4, 0.5) is 41.1 Å². The Hall–Kier alpha value is -3.04. The van der Waals surface area contributed by atoms with Gasteiger partial charge >= 0.3 is 12.2 Å². The summed E-state index contributed by atoms with van der Waals surface area (Å²) in [5.41, 5.74) is 2.64. The smallest absolute Gasteiger partial charge is 0.366 e. The Bertz CT molecular complexity index is 1070. The number of pyridine rings is 2. The Morgan fingerprint density at radius 2 is 1.79 bits per heavy atom. The van der Waals surface area contributed by atoms with Crippen LogP contribution in [0.1, 0.15) is 36.9 Å². The van der Waals surface area contributed by atoms with Crippen molar-refractivity contribution in [1.82, 2.24) is 9.97 Å². The number of aromatic nitrogens is 2. The molecule has 0 saturated carbocycles. The molecule has 7 nitrogen and oxygen atoms in total. The molecule has 5 rings (SSSR count). The van der Waals surface area contributed by atoms with Gasteiger partial charge in [0.1, 0.15) is 11.6 Å². The van der Waals surface area contributed by atoms with E-state index in [0.29, 0.717) is 37.0 Å². The fourth-order valence-electron chi connectivity index (χ4n) is 5.38. The molecule has 2 bridgehead atoms. The number of halogens is 3. The molecule has 5 heterocycles. The third-order valence-corrected chi connectivity index (χ3v) is 6.93. The quantitative estimate of drug-likeness (QED) is 0.671. The molecule has 2 atom stereocenters. The van der Waals surface area contributed by atoms with Crippen LogP contribution in [0.25, 0.3) is 0 Å². The van der Waals surface area contributed by atoms with Crippen molar-refractivity contribution < 1.29 is 18.0 Å². The summed E-state index contributed by atoms with van der Waals surface area (Å²) in [6.45, 7) is 5.81. The van der Waals surface area contributed by atoms with Gasteiger partial charge in [0.25, 0.3) is 0 Å². The predicted octanol–water partition coefficient (Wildman–Crippen LogP) is 4.89. The first-order valence-corrected chi connectivity index (χ1v) is 11.8. The van der Waals surface area contributed by atoms with E-state index < -0.39 is 12.1 Å². The average Bonchev–Trinajstić information content (AvgIpc) is 2.78. The molecule has 1 N–H and O–H groups in total. The number of hydrogen-bond acceptors (Lipinski definition) is 5. The lowest BCUT2D eigenvalue weighted by Crippen LogP contribution is -2.56. The minimum atomic E-state index is -4.22. The van der Waals surface area contributed by atoms with E-state index in [2.05, 4.69) is 15.2 Å². The standard InChI is InChI=1S/C24H29F3N6O/c1-15-11-16(2)28-20(12-15)29-23(34)33-18-6-4-9-31(14-18)19-7-8-21(30-22(19)33)32-10-3-5-17(13-32)24(25,26)27/h7-8,11-12,17-18H,3-6,9-10,13-14H2,1-2H3,(H,28,29,34)/t17?,18-/m1/s1. The molecular formula is C24H29F3N6O. The van der Waals surface area contributed by atoms with Crippen LogP contribution in [0.3, 0.4) is 0 Å². The van der Waals surface area contributed by atoms with Gasteiger partial charge in [-0.1, -0.05) is 0 Å². The Morgan fingerprint density at radius 3 is 2.56 bits per heavy atom. The zero-order valence-corrected chi connectivity index (χ0v) is 19.4. The molecule has 3 aliphatic heterocycles. The number of anilines is 4. The number of hydrogen-bond donors (Lipinski definition) is 1. The molecule has 34 heavy (non-hydrogen) atoms. The lowest BCUT2D eigenvalue weighted by atomic mass is 9.97. The van der Waals surface area contributed by atoms with Gasteiger partial charge in [-0.2, -0.15) is 13.2 Å². The number of carbonyl (C=O) groups excluding carboxylic acids is 1. The second kappa shape index (κ2) is 8.63. The summed E-state index contributed by atoms with van der Waals surface area (Å²) in [5, 5.41) is 2.92. The van der Waals surface area contributed by atoms with Gasteiger partial charge in [-0.05, 0) is 69.4 Å². The van der Waals surface area contributed by atoms with Crippen LogP contribution in [0.15, 0.2) is 24.3 Å². The van der Waals surface area contributed by atoms with Gasteiger partial charge in [-0.3, -0.25) is 10.2 Å². The number of aryl methyl sites for hydroxylation is 2. The highest BCUT2D eigenvalue weighted by atomic mass is 19.4. The number of nitrogens with one attached hydrogen (secondary N) is 1. The van der Waals surface area contributed by atoms with Crippen LogP contribution in [-0.2, 0) is 0 Å². The third kappa shape index (κ3) is 4.37. The topological polar surface area (TPSA) is 64.6 Å². The van der Waals surface area contributed by atoms with Crippen LogP contribution in [0.2, 0.25) is 0 Å². The van der Waals surface area contributed by atoms with Crippen LogP contribution < -0.4 is 20.0 Å². The first-order chi connectivity index (χ1) is 16.2. The van der Waals surface area contributed by atoms with Gasteiger partial charge in [-0.15, -0.1) is 0 Å². The van der Waals surface area contributed by atoms with Crippen molar-refractivity contribution >= 4 is 29.2 Å². The van der Waals surface area contributed by atoms with Crippen molar-refractivity contribution in [3.63, 3.8) is 0 Å². The van der Waals surface area contributed by atoms with Crippen molar-refractivity contribution in [3.8, 4) is 0 Å². The van der Waals surface area contributed by atoms with Gasteiger partial charge in [0.2, 0.25) is 0 Å². The molecule has 2 saturated heterocycles. The van der Waals surface area contributed by atoms with Crippen molar-refractivity contribution in [2.45, 2.75) is 51.7 Å². The van der Waals surface area contributed by atoms with Gasteiger partial charge < -0.3 is 9.80 Å². The van der Waals surface area contributed by atoms with Crippen LogP contribution in [-0.4, -0.2) is 54.4 Å². The van der Waals surface area contributed by atoms with Crippen LogP contribution in [0.5, 0.6) is 0 Å². The van der Waals surface area contributed by atoms with Crippen LogP contribution >= 0.6 is 0 Å². The highest BCUT2D eigenvalue weighted by molar-refractivity contribution is 6.04. The minimum absolute atomic E-state index is 0.0563. The molecule has 10 heteroatoms. The molecule has 0 aliphatic carbocycles. The van der Waals surface area contributed by atoms with E-state index in [-0.39, 0.29) is 25.0 Å². The lowest BCUT2D eigenvalue weighted by Gasteiger charge is -2.46. The first-order valence-electron chi connectivity index (χ1n) is 11.8. The Labute approximate surface area is 197 Å². The van der Waals surface area contributed by atoms with Crippen molar-refractivity contribution in [2.75, 3.05) is 46.2 Å². The van der Waals surface area contributed by atoms with Gasteiger partial charge in [0, 0.05) is 31.9 Å². The number of urea groups is 1. The summed E-state index contributed by atoms with van der Waals surface area (Å²) >= 11 is 0. The molecule has 2 aromatic heterocycles. The van der Waals surface area contributed by atoms with Gasteiger partial charge in [0.15, 0.2) is 5.82 Å². The van der Waals surface area contributed by atoms with Gasteiger partial charge in [0.05, 0.1) is 17.6 Å². The van der Waals surface area contributed by atoms with E-state index in [1.54, 1.807) is 15.9 Å². The third-order valence-electron chi connectivity index (χ3n) is 6.93. The minimum Gasteiger partial charge on any atom is -0.366 e. The number of nitrogens with zero attached hydrogens (tertiary/aromatic N) is 5. The summed E-state index contributed by atoms with van der Waals surface area (Å²) < 4.78 is 40.1. The number of alkyl halides is 3. The predicted molar refractivity (Wildman–Crippen MR) is 126 cm³/mol. The molecule has 3 aliphatic rings. The lowest BCUT2D eigenvalue weighted by molar-refractivity contribution is -0.176. The maximum Gasteiger partial charge on any atom is 0.393 e. The Morgan fingerprint density at radius 1 is 1.03 bits per heavy atom. The fourth-order valence-corrected chi connectivity index (χ4v) is 5.38. The zero-order valence-electron chi connectivity index (χ0n) is 19.4. The van der Waals surface area contributed by atoms with E-state index >= 15 is 0 Å². The second-order valence-corrected chi connectivity index (χ2v) is 9.55. The molecular weight excluding hydrogens is 445 g/mol. The SMILES string of the molecule is Cc1cc(C)nc(NC(=O)N2c3nc(N4CCCC(C(F)(F)F)C4)ccc3N3CCC[C@@H]2C3)c1. The molecule has 1 unspecified atom stereocenters. The van der Waals surface area contributed by atoms with E-state index in [1.807, 2.05) is 32.0 Å². The van der Waals surface area contributed by atoms with Crippen molar-refractivity contribution in [2.24, 2.45) is 5.92 Å². The number of carbonyl (C=O) groups is 1. The van der Waals surface area contributed by atoms with Crippen LogP contribution in [0, 0.1) is 19.8 Å². The highest BCUT2D eigenvalue weighted by Crippen LogP contribution is 2.41. The van der Waals surface area contributed by atoms with E-state index in [9.17, 15) is 18.0 Å². The summed E-state index contributed by atoms with van der Waals surface area (Å²) in [6.07, 6.45) is -1.83. The number of fused-ring (bicyclic) bond motifs is 4. The summed E-state index contributed by atoms with van der Waals surface area (Å²) in [5.74, 6) is 0.0976. The van der Waals surface area contributed by atoms with E-state index in [0.717, 1.165) is 36.3 Å². The van der Waals surface area contributed by atoms with E-state index in [4.69, 9.17) is 4.98 Å². The van der Waals surface area contributed by atoms with E-state index in [1.165, 1.54) is 0 Å². The molecule has 2 fully saturated rings. The molecule has 0 radical (unpaired) electrons.